The third kappa shape index (κ3) is 4.92. The summed E-state index contributed by atoms with van der Waals surface area (Å²) in [7, 11) is 0. The molecule has 2 heterocycles. The molecule has 0 N–H and O–H groups in total. The molecule has 2 nitrogen and oxygen atoms in total. The standard InChI is InChI=1S/C60H48N2/c1-59(2)51-17-9-7-15-43(51)45-25-21-39(33-53(45)59)57-47-27-23-42(62-32-30-38-14-6-12-20-56(38)62)36-50(47)58(40-22-26-46-44-16-8-10-18-52(44)60(3,4)54(46)34-40)48-28-24-41(35-49(48)57)61-31-29-37-13-5-11-19-55(37)61/h5-28,33-36H,29-32H2,1-4H3. The maximum atomic E-state index is 2.54. The molecule has 0 unspecified atom stereocenters. The molecule has 0 aromatic heterocycles. The Hall–Kier alpha value is -6.90. The predicted molar refractivity (Wildman–Crippen MR) is 262 cm³/mol. The number of hydrogen-bond acceptors (Lipinski definition) is 2. The molecule has 0 saturated heterocycles. The Bertz CT molecular complexity index is 3160. The smallest absolute Gasteiger partial charge is 0.0444 e. The second-order valence-corrected chi connectivity index (χ2v) is 19.1. The Morgan fingerprint density at radius 3 is 1.23 bits per heavy atom. The molecule has 2 aliphatic heterocycles. The van der Waals surface area contributed by atoms with Crippen molar-refractivity contribution in [3.05, 3.63) is 203 Å². The van der Waals surface area contributed by atoms with Crippen molar-refractivity contribution in [1.82, 2.24) is 0 Å². The van der Waals surface area contributed by atoms with Gasteiger partial charge in [-0.1, -0.05) is 149 Å². The van der Waals surface area contributed by atoms with Crippen molar-refractivity contribution in [1.29, 1.82) is 0 Å². The van der Waals surface area contributed by atoms with E-state index in [2.05, 4.69) is 207 Å². The fraction of sp³-hybridized carbons (Fsp3) is 0.167. The maximum absolute atomic E-state index is 2.54. The van der Waals surface area contributed by atoms with Crippen LogP contribution in [0.3, 0.4) is 0 Å². The zero-order chi connectivity index (χ0) is 41.5. The summed E-state index contributed by atoms with van der Waals surface area (Å²) in [5.41, 5.74) is 24.0. The van der Waals surface area contributed by atoms with Crippen LogP contribution in [0.5, 0.6) is 0 Å². The number of anilines is 4. The lowest BCUT2D eigenvalue weighted by Crippen LogP contribution is -2.15. The van der Waals surface area contributed by atoms with Crippen molar-refractivity contribution in [2.75, 3.05) is 22.9 Å². The summed E-state index contributed by atoms with van der Waals surface area (Å²) >= 11 is 0. The zero-order valence-electron chi connectivity index (χ0n) is 35.9. The van der Waals surface area contributed by atoms with Crippen molar-refractivity contribution in [2.45, 2.75) is 51.4 Å². The van der Waals surface area contributed by atoms with Gasteiger partial charge in [-0.2, -0.15) is 0 Å². The highest BCUT2D eigenvalue weighted by molar-refractivity contribution is 6.23. The van der Waals surface area contributed by atoms with Crippen molar-refractivity contribution in [3.63, 3.8) is 0 Å². The first-order valence-electron chi connectivity index (χ1n) is 22.5. The SMILES string of the molecule is CC1(C)c2ccccc2-c2ccc(-c3c4ccc(N5CCc6ccccc65)cc4c(-c4ccc5c(c4)C(C)(C)c4ccccc4-5)c4ccc(N5CCc6ccccc65)cc34)cc21. The molecule has 0 radical (unpaired) electrons. The average molecular weight is 797 g/mol. The first-order chi connectivity index (χ1) is 30.3. The maximum Gasteiger partial charge on any atom is 0.0444 e. The van der Waals surface area contributed by atoms with E-state index in [-0.39, 0.29) is 10.8 Å². The first-order valence-corrected chi connectivity index (χ1v) is 22.5. The van der Waals surface area contributed by atoms with Gasteiger partial charge in [-0.25, -0.2) is 0 Å². The fourth-order valence-corrected chi connectivity index (χ4v) is 12.1. The number of nitrogens with zero attached hydrogens (tertiary/aromatic N) is 2. The Balaban J connectivity index is 1.12. The minimum Gasteiger partial charge on any atom is -0.341 e. The van der Waals surface area contributed by atoms with E-state index >= 15 is 0 Å². The van der Waals surface area contributed by atoms with Gasteiger partial charge in [-0.3, -0.25) is 0 Å². The summed E-state index contributed by atoms with van der Waals surface area (Å²) in [5, 5.41) is 5.17. The molecular formula is C60H48N2. The van der Waals surface area contributed by atoms with Gasteiger partial charge in [0.1, 0.15) is 0 Å². The highest BCUT2D eigenvalue weighted by Crippen LogP contribution is 2.54. The van der Waals surface area contributed by atoms with Gasteiger partial charge in [-0.05, 0) is 161 Å². The highest BCUT2D eigenvalue weighted by atomic mass is 15.2. The third-order valence-corrected chi connectivity index (χ3v) is 15.2. The van der Waals surface area contributed by atoms with Crippen LogP contribution in [0.25, 0.3) is 66.1 Å². The van der Waals surface area contributed by atoms with Crippen molar-refractivity contribution < 1.29 is 0 Å². The van der Waals surface area contributed by atoms with Crippen LogP contribution in [0.1, 0.15) is 61.1 Å². The molecule has 0 fully saturated rings. The third-order valence-electron chi connectivity index (χ3n) is 15.2. The van der Waals surface area contributed by atoms with Gasteiger partial charge in [0, 0.05) is 46.7 Å². The van der Waals surface area contributed by atoms with Gasteiger partial charge in [0.15, 0.2) is 0 Å². The molecule has 0 saturated carbocycles. The Morgan fingerprint density at radius 1 is 0.355 bits per heavy atom. The van der Waals surface area contributed by atoms with Crippen LogP contribution >= 0.6 is 0 Å². The molecular weight excluding hydrogens is 749 g/mol. The molecule has 0 amide bonds. The molecule has 2 heteroatoms. The minimum atomic E-state index is -0.108. The van der Waals surface area contributed by atoms with Gasteiger partial charge in [0.25, 0.3) is 0 Å². The van der Waals surface area contributed by atoms with E-state index in [0.29, 0.717) is 0 Å². The van der Waals surface area contributed by atoms with Crippen molar-refractivity contribution in [3.8, 4) is 44.5 Å². The highest BCUT2D eigenvalue weighted by Gasteiger charge is 2.37. The van der Waals surface area contributed by atoms with Crippen LogP contribution in [0, 0.1) is 0 Å². The van der Waals surface area contributed by atoms with Crippen LogP contribution in [0.2, 0.25) is 0 Å². The van der Waals surface area contributed by atoms with E-state index in [1.165, 1.54) is 122 Å². The van der Waals surface area contributed by atoms with Gasteiger partial charge in [0.05, 0.1) is 0 Å². The largest absolute Gasteiger partial charge is 0.341 e. The summed E-state index contributed by atoms with van der Waals surface area (Å²) in [4.78, 5) is 5.07. The van der Waals surface area contributed by atoms with E-state index in [1.54, 1.807) is 0 Å². The summed E-state index contributed by atoms with van der Waals surface area (Å²) in [6.45, 7) is 11.6. The number of para-hydroxylation sites is 2. The van der Waals surface area contributed by atoms with Crippen LogP contribution < -0.4 is 9.80 Å². The van der Waals surface area contributed by atoms with Gasteiger partial charge in [0.2, 0.25) is 0 Å². The monoisotopic (exact) mass is 796 g/mol. The second-order valence-electron chi connectivity index (χ2n) is 19.1. The lowest BCUT2D eigenvalue weighted by molar-refractivity contribution is 0.660. The van der Waals surface area contributed by atoms with Gasteiger partial charge in [-0.15, -0.1) is 0 Å². The predicted octanol–water partition coefficient (Wildman–Crippen LogP) is 15.3. The molecule has 0 spiro atoms. The zero-order valence-corrected chi connectivity index (χ0v) is 35.9. The molecule has 13 rings (SSSR count). The number of benzene rings is 9. The van der Waals surface area contributed by atoms with E-state index in [9.17, 15) is 0 Å². The normalized spacial score (nSPS) is 16.0. The van der Waals surface area contributed by atoms with Gasteiger partial charge >= 0.3 is 0 Å². The van der Waals surface area contributed by atoms with E-state index < -0.39 is 0 Å². The molecule has 298 valence electrons. The molecule has 0 atom stereocenters. The Labute approximate surface area is 364 Å². The molecule has 9 aromatic rings. The molecule has 62 heavy (non-hydrogen) atoms. The quantitative estimate of drug-likeness (QED) is 0.164. The molecule has 9 aromatic carbocycles. The van der Waals surface area contributed by atoms with Crippen LogP contribution in [0.15, 0.2) is 170 Å². The Kier molecular flexibility index (Phi) is 7.40. The van der Waals surface area contributed by atoms with Crippen molar-refractivity contribution in [2.24, 2.45) is 0 Å². The van der Waals surface area contributed by atoms with E-state index in [4.69, 9.17) is 0 Å². The van der Waals surface area contributed by atoms with E-state index in [1.807, 2.05) is 0 Å². The lowest BCUT2D eigenvalue weighted by atomic mass is 9.79. The van der Waals surface area contributed by atoms with Crippen LogP contribution in [0.4, 0.5) is 22.7 Å². The summed E-state index contributed by atoms with van der Waals surface area (Å²) in [5.74, 6) is 0. The minimum absolute atomic E-state index is 0.108. The topological polar surface area (TPSA) is 6.48 Å². The van der Waals surface area contributed by atoms with Crippen LogP contribution in [-0.2, 0) is 23.7 Å². The lowest BCUT2D eigenvalue weighted by Gasteiger charge is -2.26. The summed E-state index contributed by atoms with van der Waals surface area (Å²) in [6, 6.07) is 65.3. The Morgan fingerprint density at radius 2 is 0.758 bits per heavy atom. The molecule has 4 aliphatic rings. The number of rotatable bonds is 4. The first kappa shape index (κ1) is 35.8. The van der Waals surface area contributed by atoms with Gasteiger partial charge < -0.3 is 9.80 Å². The number of hydrogen-bond donors (Lipinski definition) is 0. The number of fused-ring (bicyclic) bond motifs is 10. The molecule has 0 bridgehead atoms. The summed E-state index contributed by atoms with van der Waals surface area (Å²) < 4.78 is 0. The molecule has 2 aliphatic carbocycles. The van der Waals surface area contributed by atoms with Crippen LogP contribution in [-0.4, -0.2) is 13.1 Å². The second kappa shape index (κ2) is 12.8. The fourth-order valence-electron chi connectivity index (χ4n) is 12.1. The van der Waals surface area contributed by atoms with Crippen molar-refractivity contribution >= 4 is 44.3 Å². The summed E-state index contributed by atoms with van der Waals surface area (Å²) in [6.07, 6.45) is 2.11. The average Bonchev–Trinajstić information content (AvgIpc) is 4.05. The van der Waals surface area contributed by atoms with E-state index in [0.717, 1.165) is 25.9 Å².